The van der Waals surface area contributed by atoms with Crippen molar-refractivity contribution in [3.63, 3.8) is 0 Å². The van der Waals surface area contributed by atoms with Crippen LogP contribution in [0.15, 0.2) is 42.7 Å². The Labute approximate surface area is 111 Å². The number of nitrogens with one attached hydrogen (secondary N) is 1. The van der Waals surface area contributed by atoms with Crippen molar-refractivity contribution in [3.8, 4) is 0 Å². The van der Waals surface area contributed by atoms with E-state index in [1.54, 1.807) is 6.20 Å². The maximum absolute atomic E-state index is 4.34. The van der Waals surface area contributed by atoms with Crippen molar-refractivity contribution in [1.29, 1.82) is 0 Å². The lowest BCUT2D eigenvalue weighted by Crippen LogP contribution is -2.00. The minimum Gasteiger partial charge on any atom is -0.337 e. The van der Waals surface area contributed by atoms with Crippen LogP contribution in [-0.2, 0) is 0 Å². The Morgan fingerprint density at radius 3 is 2.63 bits per heavy atom. The summed E-state index contributed by atoms with van der Waals surface area (Å²) in [5, 5.41) is 11.7. The minimum atomic E-state index is 0.321. The Bertz CT molecular complexity index is 687. The van der Waals surface area contributed by atoms with Crippen LogP contribution in [-0.4, -0.2) is 19.6 Å². The summed E-state index contributed by atoms with van der Waals surface area (Å²) in [6, 6.07) is 9.92. The van der Waals surface area contributed by atoms with Gasteiger partial charge < -0.3 is 5.32 Å². The van der Waals surface area contributed by atoms with Crippen molar-refractivity contribution in [1.82, 2.24) is 19.6 Å². The molecule has 0 spiro atoms. The minimum absolute atomic E-state index is 0.321. The van der Waals surface area contributed by atoms with Crippen LogP contribution in [0.1, 0.15) is 25.6 Å². The fourth-order valence-electron chi connectivity index (χ4n) is 1.98. The maximum atomic E-state index is 4.34. The molecule has 0 aliphatic rings. The molecular formula is C14H15N5. The van der Waals surface area contributed by atoms with Crippen molar-refractivity contribution in [2.75, 3.05) is 5.32 Å². The van der Waals surface area contributed by atoms with Gasteiger partial charge in [0.25, 0.3) is 0 Å². The number of benzene rings is 1. The largest absolute Gasteiger partial charge is 0.337 e. The predicted molar refractivity (Wildman–Crippen MR) is 74.6 cm³/mol. The molecule has 5 heteroatoms. The van der Waals surface area contributed by atoms with Crippen LogP contribution < -0.4 is 5.32 Å². The molecule has 0 saturated heterocycles. The van der Waals surface area contributed by atoms with Gasteiger partial charge >= 0.3 is 0 Å². The standard InChI is InChI=1S/C14H15N5/c1-10(2)13-17-18-14-12(15-8-9-19(13)14)16-11-6-4-3-5-7-11/h3-10H,1-2H3,(H,15,16). The average Bonchev–Trinajstić information content (AvgIpc) is 2.85. The van der Waals surface area contributed by atoms with E-state index in [4.69, 9.17) is 0 Å². The smallest absolute Gasteiger partial charge is 0.204 e. The molecule has 96 valence electrons. The zero-order valence-corrected chi connectivity index (χ0v) is 10.9. The highest BCUT2D eigenvalue weighted by Crippen LogP contribution is 2.20. The molecule has 1 aromatic carbocycles. The summed E-state index contributed by atoms with van der Waals surface area (Å²) in [6.45, 7) is 4.20. The van der Waals surface area contributed by atoms with Gasteiger partial charge in [-0.3, -0.25) is 4.40 Å². The van der Waals surface area contributed by atoms with Crippen LogP contribution in [0, 0.1) is 0 Å². The van der Waals surface area contributed by atoms with E-state index in [-0.39, 0.29) is 0 Å². The number of fused-ring (bicyclic) bond motifs is 1. The van der Waals surface area contributed by atoms with Gasteiger partial charge in [0, 0.05) is 24.0 Å². The number of hydrogen-bond donors (Lipinski definition) is 1. The van der Waals surface area contributed by atoms with Crippen LogP contribution in [0.2, 0.25) is 0 Å². The summed E-state index contributed by atoms with van der Waals surface area (Å²) < 4.78 is 1.98. The molecule has 5 nitrogen and oxygen atoms in total. The monoisotopic (exact) mass is 253 g/mol. The lowest BCUT2D eigenvalue weighted by Gasteiger charge is -2.07. The molecule has 19 heavy (non-hydrogen) atoms. The Kier molecular flexibility index (Phi) is 2.87. The number of nitrogens with zero attached hydrogens (tertiary/aromatic N) is 4. The van der Waals surface area contributed by atoms with E-state index in [9.17, 15) is 0 Å². The number of hydrogen-bond acceptors (Lipinski definition) is 4. The highest BCUT2D eigenvalue weighted by atomic mass is 15.3. The van der Waals surface area contributed by atoms with Crippen molar-refractivity contribution in [2.45, 2.75) is 19.8 Å². The van der Waals surface area contributed by atoms with E-state index in [1.165, 1.54) is 0 Å². The van der Waals surface area contributed by atoms with Crippen molar-refractivity contribution in [2.24, 2.45) is 0 Å². The Morgan fingerprint density at radius 2 is 1.89 bits per heavy atom. The quantitative estimate of drug-likeness (QED) is 0.779. The predicted octanol–water partition coefficient (Wildman–Crippen LogP) is 2.99. The van der Waals surface area contributed by atoms with E-state index < -0.39 is 0 Å². The number of rotatable bonds is 3. The summed E-state index contributed by atoms with van der Waals surface area (Å²) in [4.78, 5) is 4.34. The zero-order chi connectivity index (χ0) is 13.2. The first-order valence-corrected chi connectivity index (χ1v) is 6.27. The molecule has 2 aromatic heterocycles. The average molecular weight is 253 g/mol. The van der Waals surface area contributed by atoms with Crippen LogP contribution >= 0.6 is 0 Å². The molecule has 0 unspecified atom stereocenters. The van der Waals surface area contributed by atoms with Crippen LogP contribution in [0.4, 0.5) is 11.5 Å². The third kappa shape index (κ3) is 2.14. The van der Waals surface area contributed by atoms with E-state index >= 15 is 0 Å². The molecule has 3 rings (SSSR count). The molecule has 0 fully saturated rings. The first-order chi connectivity index (χ1) is 9.25. The Hall–Kier alpha value is -2.43. The van der Waals surface area contributed by atoms with Crippen LogP contribution in [0.25, 0.3) is 5.65 Å². The maximum Gasteiger partial charge on any atom is 0.204 e. The second-order valence-corrected chi connectivity index (χ2v) is 4.67. The van der Waals surface area contributed by atoms with Gasteiger partial charge in [0.2, 0.25) is 5.65 Å². The highest BCUT2D eigenvalue weighted by Gasteiger charge is 2.12. The van der Waals surface area contributed by atoms with Gasteiger partial charge in [0.15, 0.2) is 5.82 Å². The number of para-hydroxylation sites is 1. The van der Waals surface area contributed by atoms with Gasteiger partial charge in [-0.05, 0) is 12.1 Å². The van der Waals surface area contributed by atoms with Gasteiger partial charge in [-0.2, -0.15) is 0 Å². The normalized spacial score (nSPS) is 11.1. The number of aromatic nitrogens is 4. The van der Waals surface area contributed by atoms with E-state index in [0.717, 1.165) is 17.2 Å². The molecule has 3 aromatic rings. The molecule has 0 amide bonds. The fourth-order valence-corrected chi connectivity index (χ4v) is 1.98. The molecule has 1 N–H and O–H groups in total. The van der Waals surface area contributed by atoms with Gasteiger partial charge in [0.05, 0.1) is 0 Å². The van der Waals surface area contributed by atoms with Crippen molar-refractivity contribution in [3.05, 3.63) is 48.5 Å². The summed E-state index contributed by atoms with van der Waals surface area (Å²) >= 11 is 0. The topological polar surface area (TPSA) is 55.1 Å². The first kappa shape index (κ1) is 11.6. The third-order valence-electron chi connectivity index (χ3n) is 2.91. The van der Waals surface area contributed by atoms with Gasteiger partial charge in [-0.1, -0.05) is 32.0 Å². The van der Waals surface area contributed by atoms with Gasteiger partial charge in [0.1, 0.15) is 5.82 Å². The molecule has 0 aliphatic carbocycles. The van der Waals surface area contributed by atoms with Crippen molar-refractivity contribution < 1.29 is 0 Å². The molecule has 0 radical (unpaired) electrons. The second kappa shape index (κ2) is 4.68. The van der Waals surface area contributed by atoms with Crippen LogP contribution in [0.3, 0.4) is 0 Å². The van der Waals surface area contributed by atoms with Gasteiger partial charge in [-0.25, -0.2) is 4.98 Å². The third-order valence-corrected chi connectivity index (χ3v) is 2.91. The fraction of sp³-hybridized carbons (Fsp3) is 0.214. The zero-order valence-electron chi connectivity index (χ0n) is 10.9. The van der Waals surface area contributed by atoms with Crippen LogP contribution in [0.5, 0.6) is 0 Å². The molecular weight excluding hydrogens is 238 g/mol. The van der Waals surface area contributed by atoms with E-state index in [0.29, 0.717) is 11.7 Å². The molecule has 0 saturated carbocycles. The van der Waals surface area contributed by atoms with E-state index in [2.05, 4.69) is 34.3 Å². The molecule has 0 bridgehead atoms. The Balaban J connectivity index is 2.05. The summed E-state index contributed by atoms with van der Waals surface area (Å²) in [5.74, 6) is 1.98. The Morgan fingerprint density at radius 1 is 1.11 bits per heavy atom. The molecule has 0 atom stereocenters. The summed E-state index contributed by atoms with van der Waals surface area (Å²) in [5.41, 5.74) is 1.73. The van der Waals surface area contributed by atoms with E-state index in [1.807, 2.05) is 40.9 Å². The molecule has 0 aliphatic heterocycles. The summed E-state index contributed by atoms with van der Waals surface area (Å²) in [7, 11) is 0. The first-order valence-electron chi connectivity index (χ1n) is 6.27. The molecule has 2 heterocycles. The van der Waals surface area contributed by atoms with Crippen molar-refractivity contribution >= 4 is 17.2 Å². The lowest BCUT2D eigenvalue weighted by molar-refractivity contribution is 0.758. The second-order valence-electron chi connectivity index (χ2n) is 4.67. The summed E-state index contributed by atoms with van der Waals surface area (Å²) in [6.07, 6.45) is 3.65. The van der Waals surface area contributed by atoms with Gasteiger partial charge in [-0.15, -0.1) is 10.2 Å². The SMILES string of the molecule is CC(C)c1nnc2c(Nc3ccccc3)nccn12. The lowest BCUT2D eigenvalue weighted by atomic mass is 10.2. The highest BCUT2D eigenvalue weighted by molar-refractivity contribution is 5.69. The number of anilines is 2.